The second-order valence-corrected chi connectivity index (χ2v) is 10.2. The normalized spacial score (nSPS) is 12.6. The van der Waals surface area contributed by atoms with E-state index in [4.69, 9.17) is 16.3 Å². The van der Waals surface area contributed by atoms with Crippen molar-refractivity contribution in [1.29, 1.82) is 0 Å². The van der Waals surface area contributed by atoms with Crippen molar-refractivity contribution in [2.45, 2.75) is 32.1 Å². The van der Waals surface area contributed by atoms with E-state index >= 15 is 0 Å². The maximum absolute atomic E-state index is 13.5. The second kappa shape index (κ2) is 11.8. The Bertz CT molecular complexity index is 1210. The first-order valence-corrected chi connectivity index (χ1v) is 12.9. The van der Waals surface area contributed by atoms with Crippen molar-refractivity contribution in [2.24, 2.45) is 0 Å². The molecule has 0 saturated heterocycles. The van der Waals surface area contributed by atoms with Gasteiger partial charge in [-0.25, -0.2) is 8.42 Å². The first kappa shape index (κ1) is 29.2. The molecule has 2 rings (SSSR count). The van der Waals surface area contributed by atoms with Gasteiger partial charge in [-0.05, 0) is 42.3 Å². The number of carbonyl (C=O) groups is 2. The number of hydrogen-bond acceptors (Lipinski definition) is 5. The molecule has 0 spiro atoms. The third kappa shape index (κ3) is 7.26. The Labute approximate surface area is 213 Å². The number of amides is 2. The maximum atomic E-state index is 13.5. The molecule has 0 aliphatic carbocycles. The van der Waals surface area contributed by atoms with Crippen molar-refractivity contribution in [3.63, 3.8) is 0 Å². The predicted molar refractivity (Wildman–Crippen MR) is 130 cm³/mol. The zero-order chi connectivity index (χ0) is 27.3. The zero-order valence-corrected chi connectivity index (χ0v) is 21.7. The van der Waals surface area contributed by atoms with Crippen molar-refractivity contribution >= 4 is 39.1 Å². The monoisotopic (exact) mass is 549 g/mol. The summed E-state index contributed by atoms with van der Waals surface area (Å²) in [4.78, 5) is 27.2. The number of carbonyl (C=O) groups excluding carboxylic acids is 2. The molecular weight excluding hydrogens is 523 g/mol. The van der Waals surface area contributed by atoms with Crippen LogP contribution in [0, 0.1) is 0 Å². The molecule has 2 aromatic rings. The third-order valence-electron chi connectivity index (χ3n) is 5.34. The number of anilines is 1. The molecule has 2 aromatic carbocycles. The molecule has 0 bridgehead atoms. The number of benzene rings is 2. The molecule has 0 aliphatic heterocycles. The van der Waals surface area contributed by atoms with E-state index in [-0.39, 0.29) is 18.0 Å². The first-order chi connectivity index (χ1) is 16.7. The fourth-order valence-electron chi connectivity index (χ4n) is 3.53. The number of alkyl halides is 3. The van der Waals surface area contributed by atoms with Gasteiger partial charge in [0.05, 0.1) is 29.6 Å². The Morgan fingerprint density at radius 3 is 2.36 bits per heavy atom. The number of sulfonamides is 1. The Morgan fingerprint density at radius 2 is 1.83 bits per heavy atom. The van der Waals surface area contributed by atoms with Gasteiger partial charge in [-0.1, -0.05) is 30.7 Å². The molecule has 2 amide bonds. The van der Waals surface area contributed by atoms with E-state index in [0.29, 0.717) is 27.8 Å². The van der Waals surface area contributed by atoms with Crippen LogP contribution < -0.4 is 14.4 Å². The average molecular weight is 550 g/mol. The minimum absolute atomic E-state index is 0.0874. The summed E-state index contributed by atoms with van der Waals surface area (Å²) < 4.78 is 70.8. The van der Waals surface area contributed by atoms with Gasteiger partial charge >= 0.3 is 6.18 Å². The number of nitrogens with one attached hydrogen (secondary N) is 1. The fourth-order valence-corrected chi connectivity index (χ4v) is 4.65. The lowest BCUT2D eigenvalue weighted by atomic mass is 10.1. The highest BCUT2D eigenvalue weighted by molar-refractivity contribution is 7.92. The Kier molecular flexibility index (Phi) is 9.61. The van der Waals surface area contributed by atoms with Gasteiger partial charge in [0.25, 0.3) is 0 Å². The summed E-state index contributed by atoms with van der Waals surface area (Å²) in [6.45, 7) is 0.705. The number of nitrogens with zero attached hydrogens (tertiary/aromatic N) is 2. The molecule has 198 valence electrons. The third-order valence-corrected chi connectivity index (χ3v) is 6.79. The van der Waals surface area contributed by atoms with E-state index in [1.807, 2.05) is 0 Å². The van der Waals surface area contributed by atoms with E-state index in [2.05, 4.69) is 5.32 Å². The molecule has 8 nitrogen and oxygen atoms in total. The smallest absolute Gasteiger partial charge is 0.416 e. The lowest BCUT2D eigenvalue weighted by molar-refractivity contribution is -0.140. The maximum Gasteiger partial charge on any atom is 0.416 e. The van der Waals surface area contributed by atoms with Crippen LogP contribution in [0.1, 0.15) is 24.5 Å². The van der Waals surface area contributed by atoms with Crippen LogP contribution in [0.5, 0.6) is 5.75 Å². The molecule has 0 aliphatic rings. The van der Waals surface area contributed by atoms with Crippen LogP contribution in [-0.4, -0.2) is 58.1 Å². The zero-order valence-electron chi connectivity index (χ0n) is 20.1. The molecule has 0 heterocycles. The van der Waals surface area contributed by atoms with Gasteiger partial charge in [-0.15, -0.1) is 0 Å². The molecule has 0 unspecified atom stereocenters. The summed E-state index contributed by atoms with van der Waals surface area (Å²) in [5.41, 5.74) is -1.04. The number of rotatable bonds is 10. The van der Waals surface area contributed by atoms with Gasteiger partial charge in [0, 0.05) is 13.6 Å². The predicted octanol–water partition coefficient (Wildman–Crippen LogP) is 3.69. The van der Waals surface area contributed by atoms with Gasteiger partial charge in [-0.2, -0.15) is 13.2 Å². The van der Waals surface area contributed by atoms with E-state index < -0.39 is 51.9 Å². The quantitative estimate of drug-likeness (QED) is 0.488. The van der Waals surface area contributed by atoms with Crippen LogP contribution in [0.2, 0.25) is 5.02 Å². The largest absolute Gasteiger partial charge is 0.497 e. The average Bonchev–Trinajstić information content (AvgIpc) is 2.81. The van der Waals surface area contributed by atoms with Gasteiger partial charge in [0.2, 0.25) is 21.8 Å². The minimum Gasteiger partial charge on any atom is -0.497 e. The topological polar surface area (TPSA) is 96.0 Å². The van der Waals surface area contributed by atoms with E-state index in [1.54, 1.807) is 31.2 Å². The molecule has 1 atom stereocenters. The molecule has 0 radical (unpaired) electrons. The number of likely N-dealkylation sites (N-methyl/N-ethyl adjacent to an activating group) is 1. The van der Waals surface area contributed by atoms with Crippen LogP contribution in [0.15, 0.2) is 42.5 Å². The highest BCUT2D eigenvalue weighted by atomic mass is 35.5. The molecular formula is C23H27ClF3N3O5S. The van der Waals surface area contributed by atoms with Crippen LogP contribution in [0.3, 0.4) is 0 Å². The lowest BCUT2D eigenvalue weighted by Gasteiger charge is -2.33. The van der Waals surface area contributed by atoms with Crippen LogP contribution in [0.4, 0.5) is 18.9 Å². The Hall–Kier alpha value is -2.99. The minimum atomic E-state index is -4.77. The molecule has 0 fully saturated rings. The Balaban J connectivity index is 2.54. The highest BCUT2D eigenvalue weighted by Gasteiger charge is 2.35. The summed E-state index contributed by atoms with van der Waals surface area (Å²) in [6, 6.07) is 7.92. The van der Waals surface area contributed by atoms with Crippen LogP contribution >= 0.6 is 11.6 Å². The van der Waals surface area contributed by atoms with Gasteiger partial charge in [-0.3, -0.25) is 13.9 Å². The molecule has 0 aromatic heterocycles. The fraction of sp³-hybridized carbons (Fsp3) is 0.391. The molecule has 1 N–H and O–H groups in total. The highest BCUT2D eigenvalue weighted by Crippen LogP contribution is 2.36. The van der Waals surface area contributed by atoms with Gasteiger partial charge < -0.3 is 15.0 Å². The summed E-state index contributed by atoms with van der Waals surface area (Å²) in [5, 5.41) is 2.18. The second-order valence-electron chi connectivity index (χ2n) is 7.85. The number of methoxy groups -OCH3 is 1. The SMILES string of the molecule is CC[C@H](C(=O)NC)N(Cc1cccc(OC)c1)C(=O)CN(c1cc(C(F)(F)F)ccc1Cl)S(C)(=O)=O. The molecule has 0 saturated carbocycles. The van der Waals surface area contributed by atoms with Crippen molar-refractivity contribution < 1.29 is 35.9 Å². The van der Waals surface area contributed by atoms with Crippen molar-refractivity contribution in [3.05, 3.63) is 58.6 Å². The van der Waals surface area contributed by atoms with E-state index in [0.717, 1.165) is 12.3 Å². The van der Waals surface area contributed by atoms with E-state index in [1.165, 1.54) is 19.1 Å². The van der Waals surface area contributed by atoms with Crippen molar-refractivity contribution in [1.82, 2.24) is 10.2 Å². The summed E-state index contributed by atoms with van der Waals surface area (Å²) in [7, 11) is -1.40. The number of halogens is 4. The van der Waals surface area contributed by atoms with Gasteiger partial charge in [0.1, 0.15) is 18.3 Å². The number of ether oxygens (including phenoxy) is 1. The van der Waals surface area contributed by atoms with Gasteiger partial charge in [0.15, 0.2) is 0 Å². The summed E-state index contributed by atoms with van der Waals surface area (Å²) in [5.74, 6) is -0.801. The number of hydrogen-bond donors (Lipinski definition) is 1. The summed E-state index contributed by atoms with van der Waals surface area (Å²) >= 11 is 6.06. The van der Waals surface area contributed by atoms with Crippen molar-refractivity contribution in [2.75, 3.05) is 31.3 Å². The first-order valence-electron chi connectivity index (χ1n) is 10.7. The summed E-state index contributed by atoms with van der Waals surface area (Å²) in [6.07, 6.45) is -3.82. The molecule has 36 heavy (non-hydrogen) atoms. The van der Waals surface area contributed by atoms with Crippen LogP contribution in [0.25, 0.3) is 0 Å². The van der Waals surface area contributed by atoms with Crippen molar-refractivity contribution in [3.8, 4) is 5.75 Å². The van der Waals surface area contributed by atoms with Crippen LogP contribution in [-0.2, 0) is 32.3 Å². The Morgan fingerprint density at radius 1 is 1.17 bits per heavy atom. The lowest BCUT2D eigenvalue weighted by Crippen LogP contribution is -2.51. The molecule has 13 heteroatoms. The van der Waals surface area contributed by atoms with E-state index in [9.17, 15) is 31.2 Å². The standard InChI is InChI=1S/C23H27ClF3N3O5S/c1-5-19(22(32)28-2)29(13-15-7-6-8-17(11-15)35-3)21(31)14-30(36(4,33)34)20-12-16(23(25,26)27)9-10-18(20)24/h6-12,19H,5,13-14H2,1-4H3,(H,28,32)/t19-/m1/s1.